The van der Waals surface area contributed by atoms with Gasteiger partial charge in [-0.05, 0) is 45.7 Å². The van der Waals surface area contributed by atoms with Crippen LogP contribution in [-0.4, -0.2) is 27.9 Å². The average Bonchev–Trinajstić information content (AvgIpc) is 2.98. The highest BCUT2D eigenvalue weighted by Crippen LogP contribution is 2.32. The van der Waals surface area contributed by atoms with Crippen molar-refractivity contribution in [2.75, 3.05) is 13.1 Å². The molecule has 17 heavy (non-hydrogen) atoms. The van der Waals surface area contributed by atoms with Gasteiger partial charge >= 0.3 is 0 Å². The number of allylic oxidation sites excluding steroid dienone is 2. The molecule has 0 aromatic carbocycles. The maximum Gasteiger partial charge on any atom is 0.137 e. The molecule has 2 aliphatic rings. The van der Waals surface area contributed by atoms with Crippen LogP contribution in [-0.2, 0) is 0 Å². The first kappa shape index (κ1) is 11.0. The van der Waals surface area contributed by atoms with E-state index < -0.39 is 0 Å². The molecular formula is C13H20N4. The number of piperidine rings is 1. The lowest BCUT2D eigenvalue weighted by molar-refractivity contribution is 0.349. The van der Waals surface area contributed by atoms with Crippen LogP contribution in [0.3, 0.4) is 0 Å². The van der Waals surface area contributed by atoms with Gasteiger partial charge in [0.15, 0.2) is 0 Å². The summed E-state index contributed by atoms with van der Waals surface area (Å²) < 4.78 is 2.40. The van der Waals surface area contributed by atoms with Gasteiger partial charge in [0, 0.05) is 12.0 Å². The zero-order valence-electron chi connectivity index (χ0n) is 10.4. The highest BCUT2D eigenvalue weighted by Gasteiger charge is 2.25. The normalized spacial score (nSPS) is 22.4. The predicted molar refractivity (Wildman–Crippen MR) is 67.0 cm³/mol. The molecule has 1 aliphatic heterocycles. The molecule has 1 aromatic rings. The molecule has 92 valence electrons. The molecule has 0 spiro atoms. The average molecular weight is 232 g/mol. The molecule has 2 heterocycles. The van der Waals surface area contributed by atoms with Crippen LogP contribution in [0.4, 0.5) is 0 Å². The number of nitrogens with zero attached hydrogens (tertiary/aromatic N) is 3. The van der Waals surface area contributed by atoms with Crippen molar-refractivity contribution in [1.82, 2.24) is 20.1 Å². The summed E-state index contributed by atoms with van der Waals surface area (Å²) in [6, 6.07) is 0.599. The summed E-state index contributed by atoms with van der Waals surface area (Å²) in [5, 5.41) is 12.1. The second-order valence-electron chi connectivity index (χ2n) is 5.10. The Morgan fingerprint density at radius 3 is 2.59 bits per heavy atom. The van der Waals surface area contributed by atoms with Crippen molar-refractivity contribution in [3.63, 3.8) is 0 Å². The van der Waals surface area contributed by atoms with Gasteiger partial charge in [0.1, 0.15) is 11.6 Å². The first-order valence-electron chi connectivity index (χ1n) is 6.63. The molecule has 4 heteroatoms. The smallest absolute Gasteiger partial charge is 0.137 e. The van der Waals surface area contributed by atoms with E-state index in [-0.39, 0.29) is 0 Å². The predicted octanol–water partition coefficient (Wildman–Crippen LogP) is 1.94. The first-order chi connectivity index (χ1) is 8.36. The van der Waals surface area contributed by atoms with Crippen LogP contribution in [0, 0.1) is 6.92 Å². The van der Waals surface area contributed by atoms with Crippen LogP contribution in [0.2, 0.25) is 0 Å². The molecule has 0 atom stereocenters. The largest absolute Gasteiger partial charge is 0.317 e. The maximum absolute atomic E-state index is 4.43. The second kappa shape index (κ2) is 4.61. The van der Waals surface area contributed by atoms with E-state index >= 15 is 0 Å². The van der Waals surface area contributed by atoms with Crippen molar-refractivity contribution in [2.24, 2.45) is 0 Å². The number of hydrogen-bond donors (Lipinski definition) is 1. The highest BCUT2D eigenvalue weighted by atomic mass is 15.3. The molecule has 1 N–H and O–H groups in total. The molecule has 0 radical (unpaired) electrons. The monoisotopic (exact) mass is 232 g/mol. The fraction of sp³-hybridized carbons (Fsp3) is 0.692. The SMILES string of the molecule is Cc1nnc(C2CC=CC2)n1C1CCNCC1. The van der Waals surface area contributed by atoms with Crippen molar-refractivity contribution >= 4 is 0 Å². The van der Waals surface area contributed by atoms with Crippen LogP contribution in [0.15, 0.2) is 12.2 Å². The Hall–Kier alpha value is -1.16. The van der Waals surface area contributed by atoms with E-state index in [1.807, 2.05) is 0 Å². The van der Waals surface area contributed by atoms with Crippen LogP contribution in [0.5, 0.6) is 0 Å². The molecule has 3 rings (SSSR count). The lowest BCUT2D eigenvalue weighted by Crippen LogP contribution is -2.30. The molecule has 0 amide bonds. The van der Waals surface area contributed by atoms with E-state index in [0.717, 1.165) is 31.8 Å². The first-order valence-corrected chi connectivity index (χ1v) is 6.63. The van der Waals surface area contributed by atoms with Gasteiger partial charge in [-0.15, -0.1) is 10.2 Å². The fourth-order valence-corrected chi connectivity index (χ4v) is 3.01. The molecule has 1 saturated heterocycles. The number of aromatic nitrogens is 3. The fourth-order valence-electron chi connectivity index (χ4n) is 3.01. The number of hydrogen-bond acceptors (Lipinski definition) is 3. The van der Waals surface area contributed by atoms with Gasteiger partial charge in [0.25, 0.3) is 0 Å². The van der Waals surface area contributed by atoms with E-state index in [4.69, 9.17) is 0 Å². The quantitative estimate of drug-likeness (QED) is 0.792. The lowest BCUT2D eigenvalue weighted by Gasteiger charge is -2.27. The molecule has 1 fully saturated rings. The molecular weight excluding hydrogens is 212 g/mol. The number of rotatable bonds is 2. The van der Waals surface area contributed by atoms with Gasteiger partial charge in [-0.2, -0.15) is 0 Å². The molecule has 0 unspecified atom stereocenters. The van der Waals surface area contributed by atoms with Crippen molar-refractivity contribution in [3.05, 3.63) is 23.8 Å². The maximum atomic E-state index is 4.43. The number of nitrogens with one attached hydrogen (secondary N) is 1. The van der Waals surface area contributed by atoms with Gasteiger partial charge in [-0.25, -0.2) is 0 Å². The summed E-state index contributed by atoms with van der Waals surface area (Å²) in [6.07, 6.45) is 9.19. The van der Waals surface area contributed by atoms with Gasteiger partial charge < -0.3 is 9.88 Å². The van der Waals surface area contributed by atoms with Crippen molar-refractivity contribution in [3.8, 4) is 0 Å². The van der Waals surface area contributed by atoms with Gasteiger partial charge in [-0.3, -0.25) is 0 Å². The molecule has 0 saturated carbocycles. The summed E-state index contributed by atoms with van der Waals surface area (Å²) in [6.45, 7) is 4.32. The zero-order valence-corrected chi connectivity index (χ0v) is 10.4. The Morgan fingerprint density at radius 1 is 1.18 bits per heavy atom. The third kappa shape index (κ3) is 2.02. The third-order valence-corrected chi connectivity index (χ3v) is 3.94. The van der Waals surface area contributed by atoms with Gasteiger partial charge in [0.05, 0.1) is 0 Å². The Balaban J connectivity index is 1.88. The standard InChI is InChI=1S/C13H20N4/c1-10-15-16-13(11-4-2-3-5-11)17(10)12-6-8-14-9-7-12/h2-3,11-12,14H,4-9H2,1H3. The summed E-state index contributed by atoms with van der Waals surface area (Å²) in [4.78, 5) is 0. The summed E-state index contributed by atoms with van der Waals surface area (Å²) in [5.74, 6) is 2.85. The van der Waals surface area contributed by atoms with E-state index in [0.29, 0.717) is 12.0 Å². The molecule has 1 aliphatic carbocycles. The van der Waals surface area contributed by atoms with E-state index in [1.165, 1.54) is 18.7 Å². The minimum Gasteiger partial charge on any atom is -0.317 e. The van der Waals surface area contributed by atoms with Crippen LogP contribution >= 0.6 is 0 Å². The van der Waals surface area contributed by atoms with Crippen LogP contribution < -0.4 is 5.32 Å². The zero-order chi connectivity index (χ0) is 11.7. The van der Waals surface area contributed by atoms with Crippen molar-refractivity contribution in [1.29, 1.82) is 0 Å². The highest BCUT2D eigenvalue weighted by molar-refractivity contribution is 5.12. The Kier molecular flexibility index (Phi) is 2.97. The van der Waals surface area contributed by atoms with Crippen molar-refractivity contribution in [2.45, 2.75) is 44.6 Å². The van der Waals surface area contributed by atoms with Gasteiger partial charge in [-0.1, -0.05) is 12.2 Å². The second-order valence-corrected chi connectivity index (χ2v) is 5.10. The molecule has 1 aromatic heterocycles. The lowest BCUT2D eigenvalue weighted by atomic mass is 10.0. The van der Waals surface area contributed by atoms with E-state index in [1.54, 1.807) is 0 Å². The molecule has 0 bridgehead atoms. The summed E-state index contributed by atoms with van der Waals surface area (Å²) in [5.41, 5.74) is 0. The summed E-state index contributed by atoms with van der Waals surface area (Å²) >= 11 is 0. The van der Waals surface area contributed by atoms with E-state index in [9.17, 15) is 0 Å². The summed E-state index contributed by atoms with van der Waals surface area (Å²) in [7, 11) is 0. The number of aryl methyl sites for hydroxylation is 1. The van der Waals surface area contributed by atoms with Gasteiger partial charge in [0.2, 0.25) is 0 Å². The van der Waals surface area contributed by atoms with Crippen LogP contribution in [0.1, 0.15) is 49.3 Å². The Morgan fingerprint density at radius 2 is 1.88 bits per heavy atom. The minimum atomic E-state index is 0.561. The topological polar surface area (TPSA) is 42.7 Å². The Labute approximate surface area is 102 Å². The van der Waals surface area contributed by atoms with Crippen molar-refractivity contribution < 1.29 is 0 Å². The molecule has 4 nitrogen and oxygen atoms in total. The van der Waals surface area contributed by atoms with Crippen LogP contribution in [0.25, 0.3) is 0 Å². The third-order valence-electron chi connectivity index (χ3n) is 3.94. The minimum absolute atomic E-state index is 0.561. The van der Waals surface area contributed by atoms with E-state index in [2.05, 4.69) is 39.2 Å². The Bertz CT molecular complexity index is 407.